The molecular weight excluding hydrogens is 248 g/mol. The third kappa shape index (κ3) is 4.81. The summed E-state index contributed by atoms with van der Waals surface area (Å²) in [6.07, 6.45) is 10.5. The van der Waals surface area contributed by atoms with Crippen molar-refractivity contribution < 1.29 is 4.79 Å². The molecule has 114 valence electrons. The lowest BCUT2D eigenvalue weighted by Crippen LogP contribution is -2.41. The molecule has 0 aromatic heterocycles. The fourth-order valence-electron chi connectivity index (χ4n) is 3.07. The number of unbranched alkanes of at least 4 members (excludes halogenated alkanes) is 1. The molecule has 0 heterocycles. The molecule has 0 saturated heterocycles. The minimum absolute atomic E-state index is 0.0168. The lowest BCUT2D eigenvalue weighted by atomic mass is 9.81. The molecule has 1 fully saturated rings. The summed E-state index contributed by atoms with van der Waals surface area (Å²) in [5, 5.41) is 12.6. The molecule has 1 aliphatic rings. The maximum Gasteiger partial charge on any atom is 0.240 e. The normalized spacial score (nSPS) is 19.6. The van der Waals surface area contributed by atoms with Crippen LogP contribution in [0.15, 0.2) is 0 Å². The summed E-state index contributed by atoms with van der Waals surface area (Å²) in [5.41, 5.74) is -0.750. The van der Waals surface area contributed by atoms with Crippen molar-refractivity contribution in [3.8, 4) is 6.07 Å². The Morgan fingerprint density at radius 1 is 1.25 bits per heavy atom. The zero-order valence-corrected chi connectivity index (χ0v) is 13.2. The van der Waals surface area contributed by atoms with Gasteiger partial charge in [0.25, 0.3) is 0 Å². The fourth-order valence-corrected chi connectivity index (χ4v) is 3.07. The molecule has 0 aromatic carbocycles. The molecular formula is C17H30N2O. The van der Waals surface area contributed by atoms with E-state index in [1.165, 1.54) is 19.3 Å². The molecule has 1 aliphatic carbocycles. The van der Waals surface area contributed by atoms with Gasteiger partial charge in [0.15, 0.2) is 0 Å². The minimum atomic E-state index is -0.750. The lowest BCUT2D eigenvalue weighted by molar-refractivity contribution is -0.129. The van der Waals surface area contributed by atoms with Crippen molar-refractivity contribution in [2.45, 2.75) is 78.1 Å². The van der Waals surface area contributed by atoms with Gasteiger partial charge in [-0.05, 0) is 25.2 Å². The number of amides is 1. The van der Waals surface area contributed by atoms with Crippen LogP contribution in [0.3, 0.4) is 0 Å². The maximum atomic E-state index is 12.5. The van der Waals surface area contributed by atoms with E-state index in [0.29, 0.717) is 5.92 Å². The van der Waals surface area contributed by atoms with Crippen molar-refractivity contribution >= 4 is 5.91 Å². The van der Waals surface area contributed by atoms with E-state index in [0.717, 1.165) is 51.5 Å². The van der Waals surface area contributed by atoms with Crippen LogP contribution in [0.5, 0.6) is 0 Å². The Balaban J connectivity index is 2.52. The van der Waals surface area contributed by atoms with E-state index in [2.05, 4.69) is 25.2 Å². The first kappa shape index (κ1) is 17.0. The van der Waals surface area contributed by atoms with E-state index in [9.17, 15) is 10.1 Å². The fraction of sp³-hybridized carbons (Fsp3) is 0.882. The number of nitriles is 1. The molecule has 1 rings (SSSR count). The number of carbonyl (C=O) groups excluding carboxylic acids is 1. The van der Waals surface area contributed by atoms with Gasteiger partial charge in [-0.2, -0.15) is 5.26 Å². The zero-order chi connectivity index (χ0) is 14.8. The summed E-state index contributed by atoms with van der Waals surface area (Å²) in [5.74, 6) is 0.539. The Labute approximate surface area is 124 Å². The first-order valence-corrected chi connectivity index (χ1v) is 8.38. The molecule has 1 amide bonds. The van der Waals surface area contributed by atoms with Crippen LogP contribution in [0.1, 0.15) is 78.1 Å². The third-order valence-corrected chi connectivity index (χ3v) is 4.70. The Morgan fingerprint density at radius 2 is 1.90 bits per heavy atom. The highest BCUT2D eigenvalue weighted by atomic mass is 16.2. The van der Waals surface area contributed by atoms with Gasteiger partial charge in [0.1, 0.15) is 5.41 Å². The van der Waals surface area contributed by atoms with Crippen molar-refractivity contribution in [1.29, 1.82) is 5.26 Å². The summed E-state index contributed by atoms with van der Waals surface area (Å²) in [6, 6.07) is 2.33. The number of hydrogen-bond acceptors (Lipinski definition) is 2. The number of rotatable bonds is 7. The molecule has 1 saturated carbocycles. The van der Waals surface area contributed by atoms with Gasteiger partial charge >= 0.3 is 0 Å². The summed E-state index contributed by atoms with van der Waals surface area (Å²) in [6.45, 7) is 5.11. The standard InChI is InChI=1S/C17H30N2O/c1-3-5-10-15(4-2)13-19-16(20)17(14-18)11-8-6-7-9-12-17/h15H,3-13H2,1-2H3,(H,19,20). The first-order chi connectivity index (χ1) is 9.68. The highest BCUT2D eigenvalue weighted by Crippen LogP contribution is 2.34. The van der Waals surface area contributed by atoms with Crippen LogP contribution in [0, 0.1) is 22.7 Å². The van der Waals surface area contributed by atoms with Crippen LogP contribution < -0.4 is 5.32 Å². The quantitative estimate of drug-likeness (QED) is 0.710. The molecule has 20 heavy (non-hydrogen) atoms. The number of nitrogens with zero attached hydrogens (tertiary/aromatic N) is 1. The van der Waals surface area contributed by atoms with Crippen LogP contribution in [0.4, 0.5) is 0 Å². The Kier molecular flexibility index (Phi) is 7.65. The maximum absolute atomic E-state index is 12.5. The molecule has 0 spiro atoms. The molecule has 0 bridgehead atoms. The molecule has 1 unspecified atom stereocenters. The van der Waals surface area contributed by atoms with E-state index in [4.69, 9.17) is 0 Å². The predicted octanol–water partition coefficient (Wildman–Crippen LogP) is 4.18. The average Bonchev–Trinajstić information content (AvgIpc) is 2.73. The van der Waals surface area contributed by atoms with Crippen molar-refractivity contribution in [3.05, 3.63) is 0 Å². The summed E-state index contributed by atoms with van der Waals surface area (Å²) < 4.78 is 0. The van der Waals surface area contributed by atoms with Gasteiger partial charge < -0.3 is 5.32 Å². The van der Waals surface area contributed by atoms with Gasteiger partial charge in [0.05, 0.1) is 6.07 Å². The van der Waals surface area contributed by atoms with E-state index in [-0.39, 0.29) is 5.91 Å². The van der Waals surface area contributed by atoms with Crippen LogP contribution in [0.2, 0.25) is 0 Å². The smallest absolute Gasteiger partial charge is 0.240 e. The Bertz CT molecular complexity index is 324. The highest BCUT2D eigenvalue weighted by molar-refractivity contribution is 5.85. The first-order valence-electron chi connectivity index (χ1n) is 8.38. The summed E-state index contributed by atoms with van der Waals surface area (Å²) in [7, 11) is 0. The van der Waals surface area contributed by atoms with Gasteiger partial charge in [-0.1, -0.05) is 58.8 Å². The van der Waals surface area contributed by atoms with Gasteiger partial charge in [0, 0.05) is 6.54 Å². The van der Waals surface area contributed by atoms with Crippen LogP contribution in [-0.2, 0) is 4.79 Å². The third-order valence-electron chi connectivity index (χ3n) is 4.70. The van der Waals surface area contributed by atoms with Gasteiger partial charge in [-0.3, -0.25) is 4.79 Å². The Morgan fingerprint density at radius 3 is 2.40 bits per heavy atom. The second-order valence-corrected chi connectivity index (χ2v) is 6.23. The van der Waals surface area contributed by atoms with Crippen molar-refractivity contribution in [2.75, 3.05) is 6.54 Å². The number of carbonyl (C=O) groups is 1. The number of nitrogens with one attached hydrogen (secondary N) is 1. The predicted molar refractivity (Wildman–Crippen MR) is 82.1 cm³/mol. The van der Waals surface area contributed by atoms with Gasteiger partial charge in [-0.15, -0.1) is 0 Å². The average molecular weight is 278 g/mol. The van der Waals surface area contributed by atoms with E-state index in [1.807, 2.05) is 0 Å². The molecule has 3 heteroatoms. The summed E-state index contributed by atoms with van der Waals surface area (Å²) in [4.78, 5) is 12.5. The van der Waals surface area contributed by atoms with Crippen molar-refractivity contribution in [2.24, 2.45) is 11.3 Å². The topological polar surface area (TPSA) is 52.9 Å². The Hall–Kier alpha value is -1.04. The second kappa shape index (κ2) is 9.00. The van der Waals surface area contributed by atoms with Gasteiger partial charge in [-0.25, -0.2) is 0 Å². The molecule has 1 N–H and O–H groups in total. The van der Waals surface area contributed by atoms with Crippen LogP contribution >= 0.6 is 0 Å². The molecule has 0 aliphatic heterocycles. The van der Waals surface area contributed by atoms with Crippen LogP contribution in [-0.4, -0.2) is 12.5 Å². The van der Waals surface area contributed by atoms with Crippen molar-refractivity contribution in [3.63, 3.8) is 0 Å². The lowest BCUT2D eigenvalue weighted by Gasteiger charge is -2.25. The van der Waals surface area contributed by atoms with Crippen molar-refractivity contribution in [1.82, 2.24) is 5.32 Å². The minimum Gasteiger partial charge on any atom is -0.354 e. The van der Waals surface area contributed by atoms with Crippen LogP contribution in [0.25, 0.3) is 0 Å². The number of hydrogen-bond donors (Lipinski definition) is 1. The zero-order valence-electron chi connectivity index (χ0n) is 13.2. The van der Waals surface area contributed by atoms with E-state index >= 15 is 0 Å². The molecule has 1 atom stereocenters. The highest BCUT2D eigenvalue weighted by Gasteiger charge is 2.38. The SMILES string of the molecule is CCCCC(CC)CNC(=O)C1(C#N)CCCCCC1. The summed E-state index contributed by atoms with van der Waals surface area (Å²) >= 11 is 0. The van der Waals surface area contributed by atoms with E-state index < -0.39 is 5.41 Å². The second-order valence-electron chi connectivity index (χ2n) is 6.23. The van der Waals surface area contributed by atoms with E-state index in [1.54, 1.807) is 0 Å². The molecule has 0 radical (unpaired) electrons. The monoisotopic (exact) mass is 278 g/mol. The molecule has 0 aromatic rings. The molecule has 3 nitrogen and oxygen atoms in total. The van der Waals surface area contributed by atoms with Gasteiger partial charge in [0.2, 0.25) is 5.91 Å². The largest absolute Gasteiger partial charge is 0.354 e.